The molecule has 0 aliphatic rings. The Morgan fingerprint density at radius 2 is 1.83 bits per heavy atom. The van der Waals surface area contributed by atoms with Crippen LogP contribution in [-0.2, 0) is 4.79 Å². The Hall–Kier alpha value is -3.02. The summed E-state index contributed by atoms with van der Waals surface area (Å²) in [5.74, 6) is 0.646. The maximum absolute atomic E-state index is 10.7. The molecule has 0 fully saturated rings. The second kappa shape index (κ2) is 9.89. The molecule has 0 atom stereocenters. The van der Waals surface area contributed by atoms with Gasteiger partial charge in [0.15, 0.2) is 0 Å². The van der Waals surface area contributed by atoms with Gasteiger partial charge in [-0.2, -0.15) is 10.5 Å². The van der Waals surface area contributed by atoms with Gasteiger partial charge in [0.05, 0.1) is 28.8 Å². The Balaban J connectivity index is 0.000000243. The van der Waals surface area contributed by atoms with Crippen LogP contribution >= 0.6 is 11.6 Å². The van der Waals surface area contributed by atoms with Crippen LogP contribution in [0.3, 0.4) is 0 Å². The van der Waals surface area contributed by atoms with Crippen molar-refractivity contribution in [2.45, 2.75) is 13.8 Å². The summed E-state index contributed by atoms with van der Waals surface area (Å²) in [5.41, 5.74) is 1.65. The van der Waals surface area contributed by atoms with E-state index in [9.17, 15) is 4.79 Å². The molecule has 0 saturated carbocycles. The number of carbonyl (C=O) groups excluding carboxylic acids is 1. The number of nitrogens with one attached hydrogen (secondary N) is 1. The fraction of sp³-hybridized carbons (Fsp3) is 0.167. The summed E-state index contributed by atoms with van der Waals surface area (Å²) < 4.78 is 5.20. The largest absolute Gasteiger partial charge is 0.494 e. The van der Waals surface area contributed by atoms with Crippen molar-refractivity contribution in [3.05, 3.63) is 58.6 Å². The first kappa shape index (κ1) is 19.0. The fourth-order valence-corrected chi connectivity index (χ4v) is 1.90. The van der Waals surface area contributed by atoms with E-state index in [0.29, 0.717) is 28.4 Å². The lowest BCUT2D eigenvalue weighted by Gasteiger charge is -2.02. The van der Waals surface area contributed by atoms with Gasteiger partial charge in [-0.1, -0.05) is 11.6 Å². The third-order valence-corrected chi connectivity index (χ3v) is 3.02. The van der Waals surface area contributed by atoms with Crippen LogP contribution in [-0.4, -0.2) is 12.5 Å². The summed E-state index contributed by atoms with van der Waals surface area (Å²) in [7, 11) is 0. The highest BCUT2D eigenvalue weighted by atomic mass is 35.5. The lowest BCUT2D eigenvalue weighted by molar-refractivity contribution is -0.114. The lowest BCUT2D eigenvalue weighted by Crippen LogP contribution is -2.05. The fourth-order valence-electron chi connectivity index (χ4n) is 1.68. The smallest absolute Gasteiger partial charge is 0.221 e. The van der Waals surface area contributed by atoms with Gasteiger partial charge in [0.25, 0.3) is 0 Å². The molecular weight excluding hydrogens is 326 g/mol. The Morgan fingerprint density at radius 3 is 2.29 bits per heavy atom. The van der Waals surface area contributed by atoms with Gasteiger partial charge in [0, 0.05) is 12.6 Å². The predicted molar refractivity (Wildman–Crippen MR) is 92.8 cm³/mol. The molecule has 0 unspecified atom stereocenters. The standard InChI is InChI=1S/C9H7ClN2O.C9H9NO/c1-6(13)12-8-3-2-7(5-11)9(10)4-8;1-2-11-9-5-3-8(7-10)4-6-9/h2-4H,1H3,(H,12,13);3-6H,2H2,1H3. The van der Waals surface area contributed by atoms with Gasteiger partial charge in [0.2, 0.25) is 5.91 Å². The number of benzene rings is 2. The molecule has 0 saturated heterocycles. The van der Waals surface area contributed by atoms with E-state index < -0.39 is 0 Å². The van der Waals surface area contributed by atoms with Gasteiger partial charge in [-0.15, -0.1) is 0 Å². The van der Waals surface area contributed by atoms with Crippen molar-refractivity contribution in [2.75, 3.05) is 11.9 Å². The van der Waals surface area contributed by atoms with E-state index >= 15 is 0 Å². The molecule has 0 heterocycles. The number of anilines is 1. The second-order valence-corrected chi connectivity index (χ2v) is 4.96. The summed E-state index contributed by atoms with van der Waals surface area (Å²) in [6.45, 7) is 4.00. The van der Waals surface area contributed by atoms with E-state index in [1.165, 1.54) is 6.92 Å². The van der Waals surface area contributed by atoms with Crippen molar-refractivity contribution in [1.82, 2.24) is 0 Å². The topological polar surface area (TPSA) is 85.9 Å². The van der Waals surface area contributed by atoms with Crippen LogP contribution in [0.2, 0.25) is 5.02 Å². The number of amides is 1. The Kier molecular flexibility index (Phi) is 7.84. The minimum atomic E-state index is -0.166. The number of carbonyl (C=O) groups is 1. The molecule has 0 aromatic heterocycles. The summed E-state index contributed by atoms with van der Waals surface area (Å²) in [6, 6.07) is 15.8. The molecule has 122 valence electrons. The van der Waals surface area contributed by atoms with Crippen molar-refractivity contribution in [3.63, 3.8) is 0 Å². The van der Waals surface area contributed by atoms with E-state index in [4.69, 9.17) is 26.9 Å². The van der Waals surface area contributed by atoms with Gasteiger partial charge in [-0.05, 0) is 49.4 Å². The number of ether oxygens (including phenoxy) is 1. The average Bonchev–Trinajstić information content (AvgIpc) is 2.56. The molecule has 5 nitrogen and oxygen atoms in total. The molecule has 0 aliphatic heterocycles. The molecule has 2 rings (SSSR count). The number of rotatable bonds is 3. The molecule has 6 heteroatoms. The maximum Gasteiger partial charge on any atom is 0.221 e. The van der Waals surface area contributed by atoms with Crippen molar-refractivity contribution in [1.29, 1.82) is 10.5 Å². The van der Waals surface area contributed by atoms with Gasteiger partial charge in [0.1, 0.15) is 11.8 Å². The van der Waals surface area contributed by atoms with E-state index in [1.807, 2.05) is 19.1 Å². The van der Waals surface area contributed by atoms with E-state index in [1.54, 1.807) is 42.5 Å². The lowest BCUT2D eigenvalue weighted by atomic mass is 10.2. The minimum Gasteiger partial charge on any atom is -0.494 e. The molecule has 2 aromatic rings. The van der Waals surface area contributed by atoms with Gasteiger partial charge >= 0.3 is 0 Å². The first-order valence-electron chi connectivity index (χ1n) is 7.10. The van der Waals surface area contributed by atoms with Crippen LogP contribution in [0.25, 0.3) is 0 Å². The zero-order chi connectivity index (χ0) is 17.9. The number of nitriles is 2. The van der Waals surface area contributed by atoms with Crippen molar-refractivity contribution in [3.8, 4) is 17.9 Å². The molecule has 0 radical (unpaired) electrons. The van der Waals surface area contributed by atoms with E-state index in [2.05, 4.69) is 5.32 Å². The predicted octanol–water partition coefficient (Wildman–Crippen LogP) is 4.13. The zero-order valence-corrected chi connectivity index (χ0v) is 14.1. The molecule has 24 heavy (non-hydrogen) atoms. The third kappa shape index (κ3) is 6.39. The van der Waals surface area contributed by atoms with Crippen LogP contribution in [0.4, 0.5) is 5.69 Å². The first-order valence-corrected chi connectivity index (χ1v) is 7.48. The highest BCUT2D eigenvalue weighted by Crippen LogP contribution is 2.19. The van der Waals surface area contributed by atoms with Crippen molar-refractivity contribution in [2.24, 2.45) is 0 Å². The molecule has 1 amide bonds. The quantitative estimate of drug-likeness (QED) is 0.909. The highest BCUT2D eigenvalue weighted by Gasteiger charge is 2.01. The van der Waals surface area contributed by atoms with Crippen LogP contribution in [0.5, 0.6) is 5.75 Å². The van der Waals surface area contributed by atoms with Crippen LogP contribution in [0.15, 0.2) is 42.5 Å². The number of halogens is 1. The maximum atomic E-state index is 10.7. The van der Waals surface area contributed by atoms with Crippen LogP contribution < -0.4 is 10.1 Å². The average molecular weight is 342 g/mol. The van der Waals surface area contributed by atoms with Crippen molar-refractivity contribution >= 4 is 23.2 Å². The molecule has 1 N–H and O–H groups in total. The summed E-state index contributed by atoms with van der Waals surface area (Å²) in [6.07, 6.45) is 0. The second-order valence-electron chi connectivity index (χ2n) is 4.56. The monoisotopic (exact) mass is 341 g/mol. The molecule has 0 spiro atoms. The summed E-state index contributed by atoms with van der Waals surface area (Å²) >= 11 is 5.74. The van der Waals surface area contributed by atoms with E-state index in [-0.39, 0.29) is 5.91 Å². The molecule has 0 aliphatic carbocycles. The number of hydrogen-bond acceptors (Lipinski definition) is 4. The third-order valence-electron chi connectivity index (χ3n) is 2.70. The van der Waals surface area contributed by atoms with Gasteiger partial charge < -0.3 is 10.1 Å². The summed E-state index contributed by atoms with van der Waals surface area (Å²) in [4.78, 5) is 10.7. The van der Waals surface area contributed by atoms with Gasteiger partial charge in [-0.25, -0.2) is 0 Å². The van der Waals surface area contributed by atoms with Crippen molar-refractivity contribution < 1.29 is 9.53 Å². The number of hydrogen-bond donors (Lipinski definition) is 1. The van der Waals surface area contributed by atoms with E-state index in [0.717, 1.165) is 5.75 Å². The van der Waals surface area contributed by atoms with Crippen LogP contribution in [0, 0.1) is 22.7 Å². The highest BCUT2D eigenvalue weighted by molar-refractivity contribution is 6.32. The Bertz CT molecular complexity index is 774. The van der Waals surface area contributed by atoms with Crippen LogP contribution in [0.1, 0.15) is 25.0 Å². The summed E-state index contributed by atoms with van der Waals surface area (Å²) in [5, 5.41) is 19.9. The molecule has 2 aromatic carbocycles. The van der Waals surface area contributed by atoms with Gasteiger partial charge in [-0.3, -0.25) is 4.79 Å². The SMILES string of the molecule is CC(=O)Nc1ccc(C#N)c(Cl)c1.CCOc1ccc(C#N)cc1. The molecular formula is C18H16ClN3O2. The number of nitrogens with zero attached hydrogens (tertiary/aromatic N) is 2. The Morgan fingerprint density at radius 1 is 1.17 bits per heavy atom. The Labute approximate surface area is 146 Å². The minimum absolute atomic E-state index is 0.166. The normalized spacial score (nSPS) is 8.88. The first-order chi connectivity index (χ1) is 11.5. The zero-order valence-electron chi connectivity index (χ0n) is 13.3. The molecule has 0 bridgehead atoms.